The van der Waals surface area contributed by atoms with Gasteiger partial charge in [0.05, 0.1) is 61.7 Å². The first-order valence-electron chi connectivity index (χ1n) is 31.0. The van der Waals surface area contributed by atoms with Crippen LogP contribution in [0.3, 0.4) is 0 Å². The number of piperazine rings is 1. The zero-order valence-corrected chi connectivity index (χ0v) is 48.8. The minimum absolute atomic E-state index is 0.0505. The van der Waals surface area contributed by atoms with Gasteiger partial charge in [0.1, 0.15) is 30.3 Å². The monoisotopic (exact) mass is 1150 g/mol. The lowest BCUT2D eigenvalue weighted by molar-refractivity contribution is -0.197. The number of anilines is 1. The molecule has 7 atom stereocenters. The number of hydrogen-bond donors (Lipinski definition) is 3. The second kappa shape index (κ2) is 22.6. The number of alkyl halides is 3. The predicted molar refractivity (Wildman–Crippen MR) is 307 cm³/mol. The van der Waals surface area contributed by atoms with Gasteiger partial charge in [0, 0.05) is 107 Å². The van der Waals surface area contributed by atoms with Crippen molar-refractivity contribution in [2.75, 3.05) is 104 Å². The summed E-state index contributed by atoms with van der Waals surface area (Å²) in [6.07, 6.45) is 9.29. The third-order valence-corrected chi connectivity index (χ3v) is 19.9. The van der Waals surface area contributed by atoms with E-state index in [2.05, 4.69) is 41.7 Å². The first-order valence-corrected chi connectivity index (χ1v) is 31.0. The number of likely N-dealkylation sites (tertiary alicyclic amines) is 1. The van der Waals surface area contributed by atoms with E-state index in [0.717, 1.165) is 68.7 Å². The topological polar surface area (TPSA) is 179 Å². The lowest BCUT2D eigenvalue weighted by Gasteiger charge is -2.55. The first kappa shape index (κ1) is 56.9. The Morgan fingerprint density at radius 1 is 0.940 bits per heavy atom. The molecule has 3 aromatic rings. The lowest BCUT2D eigenvalue weighted by Crippen LogP contribution is -2.73. The van der Waals surface area contributed by atoms with Crippen LogP contribution in [-0.2, 0) is 46.4 Å². The molecule has 5 saturated heterocycles. The van der Waals surface area contributed by atoms with E-state index >= 15 is 22.8 Å². The molecule has 0 radical (unpaired) electrons. The van der Waals surface area contributed by atoms with Crippen molar-refractivity contribution in [2.24, 2.45) is 17.3 Å². The average molecular weight is 1150 g/mol. The fraction of sp³-hybridized carbons (Fsp3) is 0.694. The SMILES string of the molecule is CO[C@@H](C)c1ncc(N2CCN(C3CC3)CC2)cc1-c1c2c3cc(ccc3n1CC(F)(F)F)C1=CCCN(C1)C[C@H](NC(=O)C(C1CCCC1)N1CCOC3(CN(C(=O)[C@@H]4NC4C4CC4)C3)C1)C(=O)N1CCC[C@H](N1)C(=O)OCC(C)(C)C2. The van der Waals surface area contributed by atoms with E-state index in [1.807, 2.05) is 56.1 Å². The van der Waals surface area contributed by atoms with Gasteiger partial charge in [0.15, 0.2) is 0 Å². The number of cyclic esters (lactones) is 1. The molecule has 21 heteroatoms. The molecule has 9 heterocycles. The van der Waals surface area contributed by atoms with Gasteiger partial charge in [-0.25, -0.2) is 5.43 Å². The van der Waals surface area contributed by atoms with Gasteiger partial charge in [0.2, 0.25) is 11.8 Å². The molecule has 8 fully saturated rings. The summed E-state index contributed by atoms with van der Waals surface area (Å²) in [6, 6.07) is 6.19. The fourth-order valence-electron chi connectivity index (χ4n) is 15.1. The van der Waals surface area contributed by atoms with Crippen molar-refractivity contribution in [1.29, 1.82) is 0 Å². The van der Waals surface area contributed by atoms with E-state index in [-0.39, 0.29) is 55.3 Å². The summed E-state index contributed by atoms with van der Waals surface area (Å²) in [5.41, 5.74) is 7.16. The van der Waals surface area contributed by atoms with E-state index in [0.29, 0.717) is 117 Å². The van der Waals surface area contributed by atoms with Crippen LogP contribution in [0.1, 0.15) is 114 Å². The summed E-state index contributed by atoms with van der Waals surface area (Å²) in [6.45, 7) is 11.9. The fourth-order valence-corrected chi connectivity index (χ4v) is 15.1. The van der Waals surface area contributed by atoms with E-state index in [4.69, 9.17) is 19.2 Å². The maximum absolute atomic E-state index is 15.3. The molecule has 3 unspecified atom stereocenters. The van der Waals surface area contributed by atoms with Gasteiger partial charge in [-0.3, -0.25) is 49.2 Å². The first-order chi connectivity index (χ1) is 39.9. The number of halogens is 3. The molecule has 13 rings (SSSR count). The Balaban J connectivity index is 0.830. The minimum Gasteiger partial charge on any atom is -0.464 e. The van der Waals surface area contributed by atoms with Crippen LogP contribution in [0.15, 0.2) is 36.5 Å². The Morgan fingerprint density at radius 2 is 1.72 bits per heavy atom. The Kier molecular flexibility index (Phi) is 15.5. The number of carbonyl (C=O) groups excluding carboxylic acids is 4. The minimum atomic E-state index is -4.59. The van der Waals surface area contributed by atoms with Crippen molar-refractivity contribution in [2.45, 2.75) is 158 Å². The second-order valence-corrected chi connectivity index (χ2v) is 26.8. The Labute approximate surface area is 485 Å². The number of esters is 1. The van der Waals surface area contributed by atoms with Gasteiger partial charge in [-0.05, 0) is 118 Å². The highest BCUT2D eigenvalue weighted by Gasteiger charge is 2.58. The second-order valence-electron chi connectivity index (χ2n) is 26.8. The van der Waals surface area contributed by atoms with Crippen LogP contribution in [0.2, 0.25) is 0 Å². The van der Waals surface area contributed by atoms with Gasteiger partial charge >= 0.3 is 12.1 Å². The van der Waals surface area contributed by atoms with Crippen LogP contribution < -0.4 is 21.0 Å². The molecule has 83 heavy (non-hydrogen) atoms. The molecule has 3 N–H and O–H groups in total. The standard InChI is InChI=1S/C62H84F3N11O7/c1-38(81-4)51-46(28-44(30-66-51)72-23-21-71(22-24-72)43-16-17-43)55-47-29-60(2,3)37-82-59(80)48-12-8-20-76(69-48)57(78)49(32-70-19-7-11-42(31-70)41-15-18-50(45(47)27-41)75(55)36-62(63,64)65)67-56(77)54(40-9-5-6-10-40)73-25-26-83-61(33-73)34-74(35-61)58(79)53-52(68-53)39-13-14-39/h11,15,18,27-28,30,38-40,43,48-49,52-54,68-69H,5-10,12-14,16-17,19-26,29,31-37H2,1-4H3,(H,67,77)/t38-,48-,49-,52?,53+,54?/m0/s1. The molecule has 7 aliphatic heterocycles. The van der Waals surface area contributed by atoms with Crippen LogP contribution in [0.5, 0.6) is 0 Å². The van der Waals surface area contributed by atoms with Gasteiger partial charge in [-0.2, -0.15) is 13.2 Å². The zero-order chi connectivity index (χ0) is 57.5. The van der Waals surface area contributed by atoms with Crippen molar-refractivity contribution < 1.29 is 46.6 Å². The smallest absolute Gasteiger partial charge is 0.406 e. The quantitative estimate of drug-likeness (QED) is 0.149. The molecule has 450 valence electrons. The van der Waals surface area contributed by atoms with Crippen molar-refractivity contribution in [3.8, 4) is 11.3 Å². The zero-order valence-electron chi connectivity index (χ0n) is 48.8. The number of amides is 3. The summed E-state index contributed by atoms with van der Waals surface area (Å²) in [4.78, 5) is 74.4. The van der Waals surface area contributed by atoms with Crippen molar-refractivity contribution in [3.05, 3.63) is 53.4 Å². The Hall–Kier alpha value is -5.16. The number of pyridine rings is 1. The van der Waals surface area contributed by atoms with Crippen LogP contribution in [-0.4, -0.2) is 205 Å². The van der Waals surface area contributed by atoms with Gasteiger partial charge in [0.25, 0.3) is 5.91 Å². The molecule has 3 amide bonds. The summed E-state index contributed by atoms with van der Waals surface area (Å²) >= 11 is 0. The highest BCUT2D eigenvalue weighted by Crippen LogP contribution is 2.46. The Bertz CT molecular complexity index is 2990. The van der Waals surface area contributed by atoms with Crippen LogP contribution >= 0.6 is 0 Å². The molecule has 10 aliphatic rings. The molecule has 3 saturated carbocycles. The number of rotatable bonds is 12. The number of hydrogen-bond acceptors (Lipinski definition) is 14. The highest BCUT2D eigenvalue weighted by atomic mass is 19.4. The number of nitrogens with one attached hydrogen (secondary N) is 3. The molecule has 6 bridgehead atoms. The Morgan fingerprint density at radius 3 is 2.46 bits per heavy atom. The van der Waals surface area contributed by atoms with Crippen molar-refractivity contribution in [3.63, 3.8) is 0 Å². The molecule has 18 nitrogen and oxygen atoms in total. The maximum atomic E-state index is 15.3. The summed E-state index contributed by atoms with van der Waals surface area (Å²) in [5, 5.41) is 8.88. The number of ether oxygens (including phenoxy) is 3. The lowest BCUT2D eigenvalue weighted by atomic mass is 9.84. The largest absolute Gasteiger partial charge is 0.464 e. The summed E-state index contributed by atoms with van der Waals surface area (Å²) < 4.78 is 65.8. The van der Waals surface area contributed by atoms with Crippen molar-refractivity contribution >= 4 is 45.9 Å². The predicted octanol–water partition coefficient (Wildman–Crippen LogP) is 5.67. The van der Waals surface area contributed by atoms with E-state index in [1.165, 1.54) is 35.3 Å². The number of benzene rings is 1. The molecule has 3 aliphatic carbocycles. The third kappa shape index (κ3) is 11.9. The van der Waals surface area contributed by atoms with E-state index in [1.54, 1.807) is 7.11 Å². The van der Waals surface area contributed by atoms with E-state index < -0.39 is 53.9 Å². The number of carbonyl (C=O) groups is 4. The third-order valence-electron chi connectivity index (χ3n) is 19.9. The molecule has 2 aromatic heterocycles. The summed E-state index contributed by atoms with van der Waals surface area (Å²) in [5.74, 6) is -0.267. The number of hydrazine groups is 1. The van der Waals surface area contributed by atoms with Crippen LogP contribution in [0.25, 0.3) is 27.7 Å². The van der Waals surface area contributed by atoms with Crippen LogP contribution in [0, 0.1) is 17.3 Å². The number of nitrogens with zero attached hydrogens (tertiary/aromatic N) is 8. The van der Waals surface area contributed by atoms with Crippen LogP contribution in [0.4, 0.5) is 18.9 Å². The molecule has 1 spiro atoms. The molecule has 1 aromatic carbocycles. The average Bonchev–Trinajstić information content (AvgIpc) is 3.03. The number of methoxy groups -OCH3 is 1. The number of morpholine rings is 1. The van der Waals surface area contributed by atoms with Crippen molar-refractivity contribution in [1.82, 2.24) is 50.2 Å². The number of fused-ring (bicyclic) bond motifs is 6. The number of aromatic nitrogens is 2. The maximum Gasteiger partial charge on any atom is 0.406 e. The molecular weight excluding hydrogens is 1070 g/mol. The van der Waals surface area contributed by atoms with Gasteiger partial charge in [-0.15, -0.1) is 0 Å². The normalized spacial score (nSPS) is 29.0. The molecular formula is C62H84F3N11O7. The van der Waals surface area contributed by atoms with Gasteiger partial charge < -0.3 is 33.9 Å². The van der Waals surface area contributed by atoms with E-state index in [9.17, 15) is 9.59 Å². The summed E-state index contributed by atoms with van der Waals surface area (Å²) in [7, 11) is 1.58. The highest BCUT2D eigenvalue weighted by molar-refractivity contribution is 5.96. The van der Waals surface area contributed by atoms with Gasteiger partial charge in [-0.1, -0.05) is 38.8 Å².